The summed E-state index contributed by atoms with van der Waals surface area (Å²) in [4.78, 5) is 23.1. The van der Waals surface area contributed by atoms with Gasteiger partial charge in [-0.1, -0.05) is 30.3 Å². The number of nitro groups is 1. The molecule has 162 valence electrons. The lowest BCUT2D eigenvalue weighted by Crippen LogP contribution is -2.08. The van der Waals surface area contributed by atoms with E-state index in [0.29, 0.717) is 22.4 Å². The fourth-order valence-electron chi connectivity index (χ4n) is 3.28. The number of carbonyl (C=O) groups is 1. The molecule has 8 nitrogen and oxygen atoms in total. The maximum Gasteiger partial charge on any atom is 0.310 e. The van der Waals surface area contributed by atoms with Crippen LogP contribution < -0.4 is 0 Å². The molecule has 0 aliphatic heterocycles. The quantitative estimate of drug-likeness (QED) is 0.237. The van der Waals surface area contributed by atoms with Crippen LogP contribution in [-0.2, 0) is 22.6 Å². The summed E-state index contributed by atoms with van der Waals surface area (Å²) < 4.78 is 7.08. The van der Waals surface area contributed by atoms with Crippen molar-refractivity contribution in [1.82, 2.24) is 9.78 Å². The Kier molecular flexibility index (Phi) is 6.23. The third-order valence-electron chi connectivity index (χ3n) is 4.98. The minimum atomic E-state index is -0.465. The van der Waals surface area contributed by atoms with Gasteiger partial charge in [0.2, 0.25) is 0 Å². The number of carbonyl (C=O) groups excluding carboxylic acids is 1. The van der Waals surface area contributed by atoms with E-state index in [2.05, 4.69) is 5.10 Å². The summed E-state index contributed by atoms with van der Waals surface area (Å²) in [6, 6.07) is 24.3. The normalized spacial score (nSPS) is 10.4. The van der Waals surface area contributed by atoms with E-state index in [1.807, 2.05) is 36.4 Å². The van der Waals surface area contributed by atoms with E-state index in [0.717, 1.165) is 11.3 Å². The zero-order valence-corrected chi connectivity index (χ0v) is 17.4. The molecule has 0 saturated carbocycles. The molecule has 0 atom stereocenters. The summed E-state index contributed by atoms with van der Waals surface area (Å²) in [5.74, 6) is -0.435. The number of nitriles is 1. The molecule has 4 aromatic rings. The van der Waals surface area contributed by atoms with Crippen LogP contribution in [0.1, 0.15) is 16.7 Å². The lowest BCUT2D eigenvalue weighted by molar-refractivity contribution is -0.384. The molecule has 1 heterocycles. The van der Waals surface area contributed by atoms with Crippen LogP contribution in [0.3, 0.4) is 0 Å². The van der Waals surface area contributed by atoms with Gasteiger partial charge in [0.15, 0.2) is 0 Å². The van der Waals surface area contributed by atoms with Crippen molar-refractivity contribution in [3.8, 4) is 23.0 Å². The predicted octanol–water partition coefficient (Wildman–Crippen LogP) is 4.61. The highest BCUT2D eigenvalue weighted by molar-refractivity contribution is 5.77. The van der Waals surface area contributed by atoms with Crippen LogP contribution in [-0.4, -0.2) is 20.7 Å². The molecule has 8 heteroatoms. The summed E-state index contributed by atoms with van der Waals surface area (Å²) in [6.45, 7) is 0.0875. The molecule has 33 heavy (non-hydrogen) atoms. The fraction of sp³-hybridized carbons (Fsp3) is 0.0800. The minimum Gasteiger partial charge on any atom is -0.461 e. The molecule has 0 spiro atoms. The Morgan fingerprint density at radius 3 is 2.36 bits per heavy atom. The lowest BCUT2D eigenvalue weighted by Gasteiger charge is -2.06. The highest BCUT2D eigenvalue weighted by Crippen LogP contribution is 2.26. The fourth-order valence-corrected chi connectivity index (χ4v) is 3.28. The molecule has 0 bridgehead atoms. The van der Waals surface area contributed by atoms with Gasteiger partial charge in [0, 0.05) is 29.5 Å². The average Bonchev–Trinajstić information content (AvgIpc) is 3.27. The number of nitrogens with zero attached hydrogens (tertiary/aromatic N) is 4. The molecule has 0 saturated heterocycles. The van der Waals surface area contributed by atoms with E-state index in [1.54, 1.807) is 47.3 Å². The van der Waals surface area contributed by atoms with Gasteiger partial charge >= 0.3 is 5.97 Å². The van der Waals surface area contributed by atoms with Crippen molar-refractivity contribution in [3.63, 3.8) is 0 Å². The van der Waals surface area contributed by atoms with Crippen LogP contribution in [0.2, 0.25) is 0 Å². The first-order chi connectivity index (χ1) is 16.0. The summed E-state index contributed by atoms with van der Waals surface area (Å²) in [5.41, 5.74) is 3.94. The molecule has 0 amide bonds. The van der Waals surface area contributed by atoms with Gasteiger partial charge in [-0.15, -0.1) is 0 Å². The third-order valence-corrected chi connectivity index (χ3v) is 4.98. The van der Waals surface area contributed by atoms with Crippen LogP contribution in [0.5, 0.6) is 0 Å². The van der Waals surface area contributed by atoms with Gasteiger partial charge in [-0.05, 0) is 42.0 Å². The summed E-state index contributed by atoms with van der Waals surface area (Å²) in [6.07, 6.45) is 1.74. The zero-order chi connectivity index (χ0) is 23.2. The highest BCUT2D eigenvalue weighted by atomic mass is 16.6. The number of aromatic nitrogens is 2. The van der Waals surface area contributed by atoms with E-state index in [-0.39, 0.29) is 18.7 Å². The molecule has 1 aromatic heterocycles. The van der Waals surface area contributed by atoms with Gasteiger partial charge < -0.3 is 4.74 Å². The van der Waals surface area contributed by atoms with Crippen LogP contribution in [0.15, 0.2) is 85.1 Å². The number of nitro benzene ring substituents is 1. The smallest absolute Gasteiger partial charge is 0.310 e. The van der Waals surface area contributed by atoms with Gasteiger partial charge in [0.1, 0.15) is 6.61 Å². The molecule has 0 fully saturated rings. The maximum atomic E-state index is 12.6. The number of benzene rings is 3. The Morgan fingerprint density at radius 1 is 1.03 bits per heavy atom. The van der Waals surface area contributed by atoms with Crippen molar-refractivity contribution < 1.29 is 14.5 Å². The van der Waals surface area contributed by atoms with Crippen molar-refractivity contribution in [2.24, 2.45) is 0 Å². The van der Waals surface area contributed by atoms with E-state index in [9.17, 15) is 14.9 Å². The molecule has 4 rings (SSSR count). The van der Waals surface area contributed by atoms with Gasteiger partial charge in [-0.2, -0.15) is 10.4 Å². The largest absolute Gasteiger partial charge is 0.461 e. The highest BCUT2D eigenvalue weighted by Gasteiger charge is 2.17. The van der Waals surface area contributed by atoms with E-state index in [4.69, 9.17) is 10.00 Å². The summed E-state index contributed by atoms with van der Waals surface area (Å²) >= 11 is 0. The number of hydrogen-bond donors (Lipinski definition) is 0. The number of esters is 1. The van der Waals surface area contributed by atoms with Gasteiger partial charge in [-0.3, -0.25) is 14.9 Å². The maximum absolute atomic E-state index is 12.6. The van der Waals surface area contributed by atoms with Gasteiger partial charge in [0.25, 0.3) is 5.69 Å². The van der Waals surface area contributed by atoms with Gasteiger partial charge in [-0.25, -0.2) is 4.68 Å². The van der Waals surface area contributed by atoms with Crippen LogP contribution in [0.4, 0.5) is 5.69 Å². The molecule has 3 aromatic carbocycles. The topological polar surface area (TPSA) is 111 Å². The Balaban J connectivity index is 1.57. The number of ether oxygens (including phenoxy) is 1. The molecular weight excluding hydrogens is 420 g/mol. The Labute approximate surface area is 189 Å². The first kappa shape index (κ1) is 21.5. The van der Waals surface area contributed by atoms with Crippen LogP contribution in [0, 0.1) is 21.4 Å². The van der Waals surface area contributed by atoms with Crippen molar-refractivity contribution in [2.75, 3.05) is 0 Å². The number of rotatable bonds is 7. The number of para-hydroxylation sites is 1. The van der Waals surface area contributed by atoms with Crippen molar-refractivity contribution in [1.29, 1.82) is 5.26 Å². The average molecular weight is 438 g/mol. The third kappa shape index (κ3) is 5.11. The standard InChI is InChI=1S/C25H18N4O4/c26-15-18-6-8-19(9-7-18)17-33-24(30)14-21-16-28(22-4-2-1-3-5-22)27-25(21)20-10-12-23(13-11-20)29(31)32/h1-13,16H,14,17H2. The first-order valence-corrected chi connectivity index (χ1v) is 10.1. The second-order valence-corrected chi connectivity index (χ2v) is 7.23. The molecule has 0 radical (unpaired) electrons. The molecule has 0 N–H and O–H groups in total. The van der Waals surface area contributed by atoms with Crippen molar-refractivity contribution in [2.45, 2.75) is 13.0 Å². The van der Waals surface area contributed by atoms with Crippen molar-refractivity contribution >= 4 is 11.7 Å². The summed E-state index contributed by atoms with van der Waals surface area (Å²) in [5, 5.41) is 24.5. The second-order valence-electron chi connectivity index (χ2n) is 7.23. The monoisotopic (exact) mass is 438 g/mol. The minimum absolute atomic E-state index is 0.0184. The molecule has 0 aliphatic rings. The number of non-ortho nitro benzene ring substituents is 1. The van der Waals surface area contributed by atoms with Crippen LogP contribution >= 0.6 is 0 Å². The van der Waals surface area contributed by atoms with E-state index >= 15 is 0 Å². The Hall–Kier alpha value is -4.77. The SMILES string of the molecule is N#Cc1ccc(COC(=O)Cc2cn(-c3ccccc3)nc2-c2ccc([N+](=O)[O-])cc2)cc1. The Morgan fingerprint density at radius 2 is 1.73 bits per heavy atom. The predicted molar refractivity (Wildman–Crippen MR) is 120 cm³/mol. The zero-order valence-electron chi connectivity index (χ0n) is 17.4. The van der Waals surface area contributed by atoms with Crippen molar-refractivity contribution in [3.05, 3.63) is 112 Å². The molecule has 0 unspecified atom stereocenters. The summed E-state index contributed by atoms with van der Waals surface area (Å²) in [7, 11) is 0. The Bertz CT molecular complexity index is 1320. The number of hydrogen-bond acceptors (Lipinski definition) is 6. The van der Waals surface area contributed by atoms with Crippen LogP contribution in [0.25, 0.3) is 16.9 Å². The molecule has 0 aliphatic carbocycles. The first-order valence-electron chi connectivity index (χ1n) is 10.1. The van der Waals surface area contributed by atoms with E-state index in [1.165, 1.54) is 12.1 Å². The van der Waals surface area contributed by atoms with Gasteiger partial charge in [0.05, 0.1) is 34.4 Å². The lowest BCUT2D eigenvalue weighted by atomic mass is 10.1. The second kappa shape index (κ2) is 9.58. The van der Waals surface area contributed by atoms with E-state index < -0.39 is 10.9 Å². The molecular formula is C25H18N4O4.